The summed E-state index contributed by atoms with van der Waals surface area (Å²) < 4.78 is 13.5. The number of hydrogen-bond donors (Lipinski definition) is 3. The smallest absolute Gasteiger partial charge is 0.269 e. The van der Waals surface area contributed by atoms with Gasteiger partial charge in [0.15, 0.2) is 5.11 Å². The number of benzene rings is 2. The summed E-state index contributed by atoms with van der Waals surface area (Å²) in [6, 6.07) is 12.2. The van der Waals surface area contributed by atoms with Gasteiger partial charge in [0.1, 0.15) is 5.82 Å². The van der Waals surface area contributed by atoms with E-state index in [1.807, 2.05) is 24.3 Å². The van der Waals surface area contributed by atoms with Gasteiger partial charge in [-0.05, 0) is 60.5 Å². The first kappa shape index (κ1) is 17.9. The Hall–Kier alpha value is -2.47. The normalized spacial score (nSPS) is 10.4. The van der Waals surface area contributed by atoms with Crippen molar-refractivity contribution in [2.24, 2.45) is 0 Å². The summed E-state index contributed by atoms with van der Waals surface area (Å²) in [6.45, 7) is 5.88. The zero-order chi connectivity index (χ0) is 17.7. The highest BCUT2D eigenvalue weighted by Gasteiger charge is 2.08. The molecule has 2 aromatic rings. The van der Waals surface area contributed by atoms with Gasteiger partial charge in [0.05, 0.1) is 0 Å². The fourth-order valence-electron chi connectivity index (χ4n) is 2.03. The molecular formula is C18H20FN3OS. The monoisotopic (exact) mass is 345 g/mol. The Bertz CT molecular complexity index is 744. The van der Waals surface area contributed by atoms with E-state index < -0.39 is 11.7 Å². The second kappa shape index (κ2) is 7.88. The third-order valence-corrected chi connectivity index (χ3v) is 3.76. The van der Waals surface area contributed by atoms with E-state index in [-0.39, 0.29) is 10.7 Å². The topological polar surface area (TPSA) is 53.2 Å². The first-order valence-electron chi connectivity index (χ1n) is 7.60. The van der Waals surface area contributed by atoms with Crippen LogP contribution in [0.2, 0.25) is 0 Å². The average molecular weight is 345 g/mol. The summed E-state index contributed by atoms with van der Waals surface area (Å²) in [6.07, 6.45) is 0. The number of hydrazine groups is 1. The van der Waals surface area contributed by atoms with E-state index in [4.69, 9.17) is 12.2 Å². The number of amides is 1. The molecule has 0 aliphatic rings. The zero-order valence-electron chi connectivity index (χ0n) is 13.8. The maximum absolute atomic E-state index is 13.5. The number of nitrogens with one attached hydrogen (secondary N) is 3. The van der Waals surface area contributed by atoms with Crippen LogP contribution in [-0.4, -0.2) is 11.0 Å². The van der Waals surface area contributed by atoms with Crippen molar-refractivity contribution in [3.63, 3.8) is 0 Å². The van der Waals surface area contributed by atoms with Gasteiger partial charge in [0, 0.05) is 11.3 Å². The van der Waals surface area contributed by atoms with Crippen LogP contribution in [0.15, 0.2) is 42.5 Å². The van der Waals surface area contributed by atoms with E-state index in [0.717, 1.165) is 5.69 Å². The number of halogens is 1. The number of hydrogen-bond acceptors (Lipinski definition) is 2. The Kier molecular flexibility index (Phi) is 5.87. The Balaban J connectivity index is 1.88. The summed E-state index contributed by atoms with van der Waals surface area (Å²) in [5.74, 6) is -0.430. The first-order chi connectivity index (χ1) is 11.4. The lowest BCUT2D eigenvalue weighted by molar-refractivity contribution is 0.0943. The van der Waals surface area contributed by atoms with Crippen LogP contribution in [0.25, 0.3) is 0 Å². The molecule has 126 valence electrons. The summed E-state index contributed by atoms with van der Waals surface area (Å²) in [4.78, 5) is 12.0. The molecule has 0 heterocycles. The van der Waals surface area contributed by atoms with E-state index in [1.54, 1.807) is 19.1 Å². The zero-order valence-corrected chi connectivity index (χ0v) is 14.6. The van der Waals surface area contributed by atoms with Crippen molar-refractivity contribution in [2.75, 3.05) is 5.32 Å². The molecule has 4 nitrogen and oxygen atoms in total. The van der Waals surface area contributed by atoms with Gasteiger partial charge in [-0.25, -0.2) is 4.39 Å². The number of rotatable bonds is 3. The van der Waals surface area contributed by atoms with Crippen LogP contribution in [0.1, 0.15) is 41.3 Å². The molecule has 1 amide bonds. The van der Waals surface area contributed by atoms with Crippen LogP contribution in [-0.2, 0) is 0 Å². The van der Waals surface area contributed by atoms with Gasteiger partial charge in [0.2, 0.25) is 0 Å². The second-order valence-corrected chi connectivity index (χ2v) is 6.18. The molecule has 0 aliphatic heterocycles. The molecule has 2 aromatic carbocycles. The SMILES string of the molecule is Cc1ccc(C(=O)NNC(=S)Nc2ccc(C(C)C)cc2)cc1F. The maximum Gasteiger partial charge on any atom is 0.269 e. The van der Waals surface area contributed by atoms with Gasteiger partial charge < -0.3 is 5.32 Å². The molecule has 24 heavy (non-hydrogen) atoms. The van der Waals surface area contributed by atoms with Crippen molar-refractivity contribution in [3.05, 3.63) is 65.0 Å². The number of carbonyl (C=O) groups excluding carboxylic acids is 1. The Morgan fingerprint density at radius 1 is 1.08 bits per heavy atom. The number of anilines is 1. The van der Waals surface area contributed by atoms with Gasteiger partial charge in [0.25, 0.3) is 5.91 Å². The minimum Gasteiger partial charge on any atom is -0.331 e. The number of thiocarbonyl (C=S) groups is 1. The second-order valence-electron chi connectivity index (χ2n) is 5.77. The van der Waals surface area contributed by atoms with Gasteiger partial charge in [-0.3, -0.25) is 15.6 Å². The van der Waals surface area contributed by atoms with Gasteiger partial charge in [-0.1, -0.05) is 32.0 Å². The lowest BCUT2D eigenvalue weighted by Crippen LogP contribution is -2.43. The lowest BCUT2D eigenvalue weighted by Gasteiger charge is -2.13. The van der Waals surface area contributed by atoms with Crippen LogP contribution in [0, 0.1) is 12.7 Å². The molecule has 0 unspecified atom stereocenters. The summed E-state index contributed by atoms with van der Waals surface area (Å²) in [7, 11) is 0. The van der Waals surface area contributed by atoms with E-state index >= 15 is 0 Å². The Morgan fingerprint density at radius 2 is 1.75 bits per heavy atom. The van der Waals surface area contributed by atoms with E-state index in [2.05, 4.69) is 30.0 Å². The number of aryl methyl sites for hydroxylation is 1. The fourth-order valence-corrected chi connectivity index (χ4v) is 2.20. The Labute approximate surface area is 146 Å². The van der Waals surface area contributed by atoms with Crippen molar-refractivity contribution in [1.82, 2.24) is 10.9 Å². The quantitative estimate of drug-likeness (QED) is 0.583. The summed E-state index contributed by atoms with van der Waals surface area (Å²) in [5.41, 5.74) is 7.78. The molecular weight excluding hydrogens is 325 g/mol. The molecule has 0 aliphatic carbocycles. The molecule has 2 rings (SSSR count). The van der Waals surface area contributed by atoms with Gasteiger partial charge >= 0.3 is 0 Å². The van der Waals surface area contributed by atoms with Crippen molar-refractivity contribution in [2.45, 2.75) is 26.7 Å². The van der Waals surface area contributed by atoms with Crippen molar-refractivity contribution in [3.8, 4) is 0 Å². The standard InChI is InChI=1S/C18H20FN3OS/c1-11(2)13-6-8-15(9-7-13)20-18(24)22-21-17(23)14-5-4-12(3)16(19)10-14/h4-11H,1-3H3,(H,21,23)(H2,20,22,24). The maximum atomic E-state index is 13.5. The molecule has 0 saturated carbocycles. The van der Waals surface area contributed by atoms with E-state index in [0.29, 0.717) is 11.5 Å². The largest absolute Gasteiger partial charge is 0.331 e. The van der Waals surface area contributed by atoms with Crippen molar-refractivity contribution in [1.29, 1.82) is 0 Å². The van der Waals surface area contributed by atoms with Crippen molar-refractivity contribution >= 4 is 28.9 Å². The Morgan fingerprint density at radius 3 is 2.33 bits per heavy atom. The van der Waals surface area contributed by atoms with Gasteiger partial charge in [-0.2, -0.15) is 0 Å². The van der Waals surface area contributed by atoms with Crippen LogP contribution >= 0.6 is 12.2 Å². The predicted octanol–water partition coefficient (Wildman–Crippen LogP) is 3.89. The number of carbonyl (C=O) groups is 1. The van der Waals surface area contributed by atoms with Crippen LogP contribution in [0.4, 0.5) is 10.1 Å². The lowest BCUT2D eigenvalue weighted by atomic mass is 10.0. The molecule has 3 N–H and O–H groups in total. The fraction of sp³-hybridized carbons (Fsp3) is 0.222. The van der Waals surface area contributed by atoms with Crippen LogP contribution in [0.5, 0.6) is 0 Å². The highest BCUT2D eigenvalue weighted by molar-refractivity contribution is 7.80. The molecule has 0 saturated heterocycles. The summed E-state index contributed by atoms with van der Waals surface area (Å²) >= 11 is 5.12. The minimum absolute atomic E-state index is 0.217. The molecule has 0 spiro atoms. The molecule has 0 bridgehead atoms. The highest BCUT2D eigenvalue weighted by Crippen LogP contribution is 2.17. The molecule has 0 fully saturated rings. The first-order valence-corrected chi connectivity index (χ1v) is 8.01. The average Bonchev–Trinajstić information content (AvgIpc) is 2.55. The third kappa shape index (κ3) is 4.76. The van der Waals surface area contributed by atoms with Crippen LogP contribution < -0.4 is 16.2 Å². The van der Waals surface area contributed by atoms with Crippen molar-refractivity contribution < 1.29 is 9.18 Å². The van der Waals surface area contributed by atoms with E-state index in [9.17, 15) is 9.18 Å². The molecule has 6 heteroatoms. The molecule has 0 radical (unpaired) electrons. The summed E-state index contributed by atoms with van der Waals surface area (Å²) in [5, 5.41) is 3.21. The van der Waals surface area contributed by atoms with Gasteiger partial charge in [-0.15, -0.1) is 0 Å². The third-order valence-electron chi connectivity index (χ3n) is 3.56. The molecule has 0 aromatic heterocycles. The molecule has 0 atom stereocenters. The predicted molar refractivity (Wildman–Crippen MR) is 98.5 cm³/mol. The minimum atomic E-state index is -0.465. The van der Waals surface area contributed by atoms with E-state index in [1.165, 1.54) is 11.6 Å². The highest BCUT2D eigenvalue weighted by atomic mass is 32.1. The van der Waals surface area contributed by atoms with Crippen LogP contribution in [0.3, 0.4) is 0 Å².